The molecule has 2 unspecified atom stereocenters. The van der Waals surface area contributed by atoms with Gasteiger partial charge in [0.2, 0.25) is 0 Å². The van der Waals surface area contributed by atoms with E-state index in [4.69, 9.17) is 0 Å². The SMILES string of the molecule is CNC(CS(C)=O)c1ccc(C(C)C)cc1. The molecule has 2 nitrogen and oxygen atoms in total. The molecule has 0 saturated carbocycles. The first-order chi connectivity index (χ1) is 7.54. The topological polar surface area (TPSA) is 29.1 Å². The lowest BCUT2D eigenvalue weighted by atomic mass is 10.00. The number of nitrogens with one attached hydrogen (secondary N) is 1. The van der Waals surface area contributed by atoms with E-state index in [0.717, 1.165) is 0 Å². The third-order valence-corrected chi connectivity index (χ3v) is 3.56. The second kappa shape index (κ2) is 6.16. The van der Waals surface area contributed by atoms with Crippen molar-refractivity contribution in [3.05, 3.63) is 35.4 Å². The Morgan fingerprint density at radius 2 is 1.69 bits per heavy atom. The zero-order chi connectivity index (χ0) is 12.1. The average molecular weight is 239 g/mol. The lowest BCUT2D eigenvalue weighted by Gasteiger charge is -2.16. The normalized spacial score (nSPS) is 15.1. The van der Waals surface area contributed by atoms with E-state index in [-0.39, 0.29) is 6.04 Å². The van der Waals surface area contributed by atoms with Crippen molar-refractivity contribution in [3.63, 3.8) is 0 Å². The summed E-state index contributed by atoms with van der Waals surface area (Å²) in [7, 11) is 1.14. The molecule has 0 aromatic heterocycles. The summed E-state index contributed by atoms with van der Waals surface area (Å²) in [6.07, 6.45) is 1.74. The van der Waals surface area contributed by atoms with Crippen LogP contribution in [0, 0.1) is 0 Å². The molecular weight excluding hydrogens is 218 g/mol. The first-order valence-electron chi connectivity index (χ1n) is 5.61. The number of rotatable bonds is 5. The maximum atomic E-state index is 11.2. The van der Waals surface area contributed by atoms with Gasteiger partial charge in [-0.15, -0.1) is 0 Å². The Kier molecular flexibility index (Phi) is 5.16. The Morgan fingerprint density at radius 1 is 1.19 bits per heavy atom. The molecule has 0 aliphatic carbocycles. The van der Waals surface area contributed by atoms with Crippen LogP contribution in [0.3, 0.4) is 0 Å². The molecule has 1 rings (SSSR count). The van der Waals surface area contributed by atoms with Crippen molar-refractivity contribution >= 4 is 10.8 Å². The van der Waals surface area contributed by atoms with Crippen LogP contribution in [0.1, 0.15) is 36.9 Å². The van der Waals surface area contributed by atoms with E-state index < -0.39 is 10.8 Å². The van der Waals surface area contributed by atoms with E-state index in [1.165, 1.54) is 11.1 Å². The van der Waals surface area contributed by atoms with Gasteiger partial charge in [-0.1, -0.05) is 38.1 Å². The van der Waals surface area contributed by atoms with Crippen LogP contribution in [0.15, 0.2) is 24.3 Å². The molecule has 16 heavy (non-hydrogen) atoms. The zero-order valence-corrected chi connectivity index (χ0v) is 11.3. The first kappa shape index (κ1) is 13.4. The van der Waals surface area contributed by atoms with Gasteiger partial charge < -0.3 is 5.32 Å². The Bertz CT molecular complexity index is 345. The lowest BCUT2D eigenvalue weighted by Crippen LogP contribution is -2.22. The van der Waals surface area contributed by atoms with Crippen molar-refractivity contribution in [3.8, 4) is 0 Å². The molecule has 0 amide bonds. The van der Waals surface area contributed by atoms with Crippen molar-refractivity contribution in [2.75, 3.05) is 19.1 Å². The summed E-state index contributed by atoms with van der Waals surface area (Å²) in [5.41, 5.74) is 2.55. The Labute approximate surface area is 101 Å². The molecule has 90 valence electrons. The smallest absolute Gasteiger partial charge is 0.0434 e. The fourth-order valence-electron chi connectivity index (χ4n) is 1.69. The second-order valence-electron chi connectivity index (χ2n) is 4.40. The predicted molar refractivity (Wildman–Crippen MR) is 71.3 cm³/mol. The van der Waals surface area contributed by atoms with Crippen molar-refractivity contribution in [2.45, 2.75) is 25.8 Å². The van der Waals surface area contributed by atoms with Gasteiger partial charge >= 0.3 is 0 Å². The van der Waals surface area contributed by atoms with Crippen LogP contribution in [0.4, 0.5) is 0 Å². The molecular formula is C13H21NOS. The van der Waals surface area contributed by atoms with Crippen molar-refractivity contribution in [1.29, 1.82) is 0 Å². The highest BCUT2D eigenvalue weighted by Crippen LogP contribution is 2.19. The van der Waals surface area contributed by atoms with E-state index in [9.17, 15) is 4.21 Å². The molecule has 0 saturated heterocycles. The number of hydrogen-bond donors (Lipinski definition) is 1. The quantitative estimate of drug-likeness (QED) is 0.855. The fourth-order valence-corrected chi connectivity index (χ4v) is 2.52. The summed E-state index contributed by atoms with van der Waals surface area (Å²) in [4.78, 5) is 0. The maximum absolute atomic E-state index is 11.2. The minimum atomic E-state index is -0.773. The summed E-state index contributed by atoms with van der Waals surface area (Å²) in [5.74, 6) is 1.22. The minimum absolute atomic E-state index is 0.187. The monoisotopic (exact) mass is 239 g/mol. The molecule has 0 radical (unpaired) electrons. The summed E-state index contributed by atoms with van der Waals surface area (Å²) in [6, 6.07) is 8.76. The summed E-state index contributed by atoms with van der Waals surface area (Å²) >= 11 is 0. The molecule has 1 N–H and O–H groups in total. The van der Waals surface area contributed by atoms with E-state index in [1.807, 2.05) is 7.05 Å². The molecule has 0 heterocycles. The van der Waals surface area contributed by atoms with Crippen molar-refractivity contribution in [1.82, 2.24) is 5.32 Å². The van der Waals surface area contributed by atoms with Gasteiger partial charge in [0.1, 0.15) is 0 Å². The van der Waals surface area contributed by atoms with E-state index in [2.05, 4.69) is 43.4 Å². The highest BCUT2D eigenvalue weighted by molar-refractivity contribution is 7.84. The van der Waals surface area contributed by atoms with E-state index >= 15 is 0 Å². The molecule has 1 aromatic carbocycles. The lowest BCUT2D eigenvalue weighted by molar-refractivity contribution is 0.637. The Balaban J connectivity index is 2.82. The van der Waals surface area contributed by atoms with Crippen molar-refractivity contribution < 1.29 is 4.21 Å². The third-order valence-electron chi connectivity index (χ3n) is 2.76. The van der Waals surface area contributed by atoms with Gasteiger partial charge in [0.15, 0.2) is 0 Å². The first-order valence-corrected chi connectivity index (χ1v) is 7.34. The number of benzene rings is 1. The summed E-state index contributed by atoms with van der Waals surface area (Å²) in [6.45, 7) is 4.37. The largest absolute Gasteiger partial charge is 0.312 e. The molecule has 0 aliphatic rings. The molecule has 0 aliphatic heterocycles. The highest BCUT2D eigenvalue weighted by Gasteiger charge is 2.11. The van der Waals surface area contributed by atoms with Gasteiger partial charge in [-0.2, -0.15) is 0 Å². The van der Waals surface area contributed by atoms with Gasteiger partial charge in [0.25, 0.3) is 0 Å². The maximum Gasteiger partial charge on any atom is 0.0434 e. The molecule has 3 heteroatoms. The van der Waals surface area contributed by atoms with Crippen LogP contribution >= 0.6 is 0 Å². The van der Waals surface area contributed by atoms with Gasteiger partial charge in [0, 0.05) is 28.9 Å². The van der Waals surface area contributed by atoms with Gasteiger partial charge in [-0.25, -0.2) is 0 Å². The van der Waals surface area contributed by atoms with Crippen LogP contribution in [0.2, 0.25) is 0 Å². The number of hydrogen-bond acceptors (Lipinski definition) is 2. The highest BCUT2D eigenvalue weighted by atomic mass is 32.2. The summed E-state index contributed by atoms with van der Waals surface area (Å²) < 4.78 is 11.2. The Morgan fingerprint density at radius 3 is 2.06 bits per heavy atom. The molecule has 0 fully saturated rings. The molecule has 2 atom stereocenters. The predicted octanol–water partition coefficient (Wildman–Crippen LogP) is 2.45. The van der Waals surface area contributed by atoms with Crippen LogP contribution in [-0.4, -0.2) is 23.3 Å². The molecule has 0 bridgehead atoms. The van der Waals surface area contributed by atoms with Crippen LogP contribution < -0.4 is 5.32 Å². The second-order valence-corrected chi connectivity index (χ2v) is 5.88. The summed E-state index contributed by atoms with van der Waals surface area (Å²) in [5, 5.41) is 3.21. The Hall–Kier alpha value is -0.670. The van der Waals surface area contributed by atoms with Crippen LogP contribution in [-0.2, 0) is 10.8 Å². The van der Waals surface area contributed by atoms with E-state index in [0.29, 0.717) is 11.7 Å². The van der Waals surface area contributed by atoms with Crippen LogP contribution in [0.5, 0.6) is 0 Å². The van der Waals surface area contributed by atoms with Gasteiger partial charge in [0.05, 0.1) is 0 Å². The fraction of sp³-hybridized carbons (Fsp3) is 0.538. The van der Waals surface area contributed by atoms with Crippen molar-refractivity contribution in [2.24, 2.45) is 0 Å². The van der Waals surface area contributed by atoms with Gasteiger partial charge in [-0.3, -0.25) is 4.21 Å². The van der Waals surface area contributed by atoms with Gasteiger partial charge in [-0.05, 0) is 24.1 Å². The molecule has 0 spiro atoms. The minimum Gasteiger partial charge on any atom is -0.312 e. The molecule has 1 aromatic rings. The zero-order valence-electron chi connectivity index (χ0n) is 10.5. The third kappa shape index (κ3) is 3.72. The standard InChI is InChI=1S/C13H21NOS/c1-10(2)11-5-7-12(8-6-11)13(14-3)9-16(4)15/h5-8,10,13-14H,9H2,1-4H3. The average Bonchev–Trinajstić information content (AvgIpc) is 2.25. The van der Waals surface area contributed by atoms with Crippen LogP contribution in [0.25, 0.3) is 0 Å². The van der Waals surface area contributed by atoms with E-state index in [1.54, 1.807) is 6.26 Å².